The Hall–Kier alpha value is -0.0500. The number of hydrogen-bond acceptors (Lipinski definition) is 2. The van der Waals surface area contributed by atoms with Crippen LogP contribution in [0.2, 0.25) is 4.34 Å². The molecule has 1 nitrogen and oxygen atoms in total. The maximum Gasteiger partial charge on any atom is 0.0933 e. The fourth-order valence-corrected chi connectivity index (χ4v) is 2.11. The van der Waals surface area contributed by atoms with Gasteiger partial charge >= 0.3 is 0 Å². The van der Waals surface area contributed by atoms with Crippen LogP contribution in [0.5, 0.6) is 0 Å². The average molecular weight is 207 g/mol. The first kappa shape index (κ1) is 11.9. The molecule has 1 rings (SSSR count). The number of rotatable bonds is 2. The van der Waals surface area contributed by atoms with Crippen LogP contribution in [0.15, 0.2) is 6.07 Å². The summed E-state index contributed by atoms with van der Waals surface area (Å²) in [5.74, 6) is 0. The van der Waals surface area contributed by atoms with E-state index in [0.717, 1.165) is 16.3 Å². The number of halogens is 1. The maximum absolute atomic E-state index is 8.61. The summed E-state index contributed by atoms with van der Waals surface area (Å²) < 4.78 is 0.806. The molecular weight excluding hydrogens is 192 g/mol. The molecule has 70 valence electrons. The zero-order valence-corrected chi connectivity index (χ0v) is 9.30. The second kappa shape index (κ2) is 6.46. The third-order valence-corrected chi connectivity index (χ3v) is 2.59. The van der Waals surface area contributed by atoms with Crippen LogP contribution in [0.1, 0.15) is 24.3 Å². The summed E-state index contributed by atoms with van der Waals surface area (Å²) >= 11 is 7.30. The fraction of sp³-hybridized carbons (Fsp3) is 0.556. The van der Waals surface area contributed by atoms with Crippen LogP contribution in [-0.2, 0) is 6.42 Å². The normalized spacial score (nSPS) is 9.08. The Morgan fingerprint density at radius 2 is 2.08 bits per heavy atom. The number of thiophene rings is 1. The Kier molecular flexibility index (Phi) is 6.44. The van der Waals surface area contributed by atoms with E-state index < -0.39 is 0 Å². The van der Waals surface area contributed by atoms with E-state index >= 15 is 0 Å². The van der Waals surface area contributed by atoms with E-state index in [1.807, 2.05) is 26.8 Å². The van der Waals surface area contributed by atoms with Crippen molar-refractivity contribution in [2.45, 2.75) is 27.2 Å². The van der Waals surface area contributed by atoms with E-state index in [2.05, 4.69) is 0 Å². The monoisotopic (exact) mass is 206 g/mol. The molecule has 0 fully saturated rings. The van der Waals surface area contributed by atoms with Crippen LogP contribution >= 0.6 is 22.9 Å². The molecular formula is C9H15ClOS. The van der Waals surface area contributed by atoms with Gasteiger partial charge in [0, 0.05) is 11.5 Å². The second-order valence-corrected chi connectivity index (χ2v) is 3.99. The van der Waals surface area contributed by atoms with Crippen molar-refractivity contribution >= 4 is 22.9 Å². The first-order valence-corrected chi connectivity index (χ1v) is 5.29. The van der Waals surface area contributed by atoms with E-state index in [-0.39, 0.29) is 6.61 Å². The SMILES string of the molecule is CC.Cc1sc(Cl)cc1CCO. The minimum Gasteiger partial charge on any atom is -0.396 e. The van der Waals surface area contributed by atoms with Crippen LogP contribution in [-0.4, -0.2) is 11.7 Å². The highest BCUT2D eigenvalue weighted by Crippen LogP contribution is 2.25. The van der Waals surface area contributed by atoms with Crippen molar-refractivity contribution in [2.24, 2.45) is 0 Å². The summed E-state index contributed by atoms with van der Waals surface area (Å²) in [5, 5.41) is 8.61. The van der Waals surface area contributed by atoms with Gasteiger partial charge in [-0.05, 0) is 25.0 Å². The standard InChI is InChI=1S/C7H9ClOS.C2H6/c1-5-6(2-3-9)4-7(8)10-5;1-2/h4,9H,2-3H2,1H3;1-2H3. The Morgan fingerprint density at radius 3 is 2.42 bits per heavy atom. The molecule has 0 aromatic carbocycles. The Balaban J connectivity index is 0.000000561. The lowest BCUT2D eigenvalue weighted by molar-refractivity contribution is 0.299. The van der Waals surface area contributed by atoms with Gasteiger partial charge < -0.3 is 5.11 Å². The minimum absolute atomic E-state index is 0.202. The van der Waals surface area contributed by atoms with Crippen molar-refractivity contribution in [1.82, 2.24) is 0 Å². The molecule has 0 aliphatic rings. The molecule has 1 heterocycles. The predicted octanol–water partition coefficient (Wildman–Crippen LogP) is 3.27. The van der Waals surface area contributed by atoms with Crippen molar-refractivity contribution in [2.75, 3.05) is 6.61 Å². The molecule has 0 aliphatic carbocycles. The highest BCUT2D eigenvalue weighted by molar-refractivity contribution is 7.16. The topological polar surface area (TPSA) is 20.2 Å². The summed E-state index contributed by atoms with van der Waals surface area (Å²) in [6.45, 7) is 6.22. The largest absolute Gasteiger partial charge is 0.396 e. The van der Waals surface area contributed by atoms with E-state index in [1.54, 1.807) is 11.3 Å². The third kappa shape index (κ3) is 3.57. The van der Waals surface area contributed by atoms with Crippen LogP contribution in [0.3, 0.4) is 0 Å². The summed E-state index contributed by atoms with van der Waals surface area (Å²) in [5.41, 5.74) is 1.16. The van der Waals surface area contributed by atoms with Gasteiger partial charge in [-0.15, -0.1) is 11.3 Å². The Labute approximate surface area is 83.0 Å². The van der Waals surface area contributed by atoms with Crippen molar-refractivity contribution < 1.29 is 5.11 Å². The molecule has 0 amide bonds. The first-order valence-electron chi connectivity index (χ1n) is 4.09. The van der Waals surface area contributed by atoms with Crippen molar-refractivity contribution in [3.8, 4) is 0 Å². The fourth-order valence-electron chi connectivity index (χ4n) is 0.849. The quantitative estimate of drug-likeness (QED) is 0.788. The zero-order valence-electron chi connectivity index (χ0n) is 7.72. The van der Waals surface area contributed by atoms with Gasteiger partial charge in [-0.3, -0.25) is 0 Å². The van der Waals surface area contributed by atoms with E-state index in [4.69, 9.17) is 16.7 Å². The summed E-state index contributed by atoms with van der Waals surface area (Å²) in [7, 11) is 0. The van der Waals surface area contributed by atoms with E-state index in [0.29, 0.717) is 0 Å². The molecule has 0 atom stereocenters. The number of aryl methyl sites for hydroxylation is 1. The Bertz CT molecular complexity index is 220. The molecule has 0 bridgehead atoms. The van der Waals surface area contributed by atoms with Crippen LogP contribution in [0.25, 0.3) is 0 Å². The lowest BCUT2D eigenvalue weighted by Gasteiger charge is -1.91. The molecule has 12 heavy (non-hydrogen) atoms. The second-order valence-electron chi connectivity index (χ2n) is 2.11. The molecule has 0 spiro atoms. The molecule has 3 heteroatoms. The number of hydrogen-bond donors (Lipinski definition) is 1. The lowest BCUT2D eigenvalue weighted by Crippen LogP contribution is -1.88. The van der Waals surface area contributed by atoms with Crippen molar-refractivity contribution in [1.29, 1.82) is 0 Å². The van der Waals surface area contributed by atoms with Gasteiger partial charge in [-0.2, -0.15) is 0 Å². The zero-order chi connectivity index (χ0) is 9.56. The highest BCUT2D eigenvalue weighted by atomic mass is 35.5. The summed E-state index contributed by atoms with van der Waals surface area (Å²) in [4.78, 5) is 1.21. The van der Waals surface area contributed by atoms with Gasteiger partial charge in [0.05, 0.1) is 4.34 Å². The van der Waals surface area contributed by atoms with Gasteiger partial charge in [-0.1, -0.05) is 25.4 Å². The maximum atomic E-state index is 8.61. The van der Waals surface area contributed by atoms with E-state index in [9.17, 15) is 0 Å². The van der Waals surface area contributed by atoms with E-state index in [1.165, 1.54) is 4.88 Å². The average Bonchev–Trinajstić information content (AvgIpc) is 2.35. The van der Waals surface area contributed by atoms with Crippen LogP contribution in [0.4, 0.5) is 0 Å². The molecule has 0 unspecified atom stereocenters. The van der Waals surface area contributed by atoms with Gasteiger partial charge in [-0.25, -0.2) is 0 Å². The highest BCUT2D eigenvalue weighted by Gasteiger charge is 2.01. The van der Waals surface area contributed by atoms with Gasteiger partial charge in [0.2, 0.25) is 0 Å². The lowest BCUT2D eigenvalue weighted by atomic mass is 10.2. The van der Waals surface area contributed by atoms with Crippen molar-refractivity contribution in [3.05, 3.63) is 20.8 Å². The Morgan fingerprint density at radius 1 is 1.50 bits per heavy atom. The van der Waals surface area contributed by atoms with Gasteiger partial charge in [0.1, 0.15) is 0 Å². The molecule has 1 N–H and O–H groups in total. The predicted molar refractivity (Wildman–Crippen MR) is 56.2 cm³/mol. The van der Waals surface area contributed by atoms with Crippen LogP contribution < -0.4 is 0 Å². The first-order chi connectivity index (χ1) is 5.74. The van der Waals surface area contributed by atoms with Gasteiger partial charge in [0.25, 0.3) is 0 Å². The number of aliphatic hydroxyl groups is 1. The van der Waals surface area contributed by atoms with Crippen molar-refractivity contribution in [3.63, 3.8) is 0 Å². The molecule has 0 radical (unpaired) electrons. The van der Waals surface area contributed by atoms with Crippen LogP contribution in [0, 0.1) is 6.92 Å². The summed E-state index contributed by atoms with van der Waals surface area (Å²) in [6, 6.07) is 1.91. The molecule has 0 saturated carbocycles. The molecule has 0 aliphatic heterocycles. The molecule has 1 aromatic heterocycles. The molecule has 0 saturated heterocycles. The third-order valence-electron chi connectivity index (χ3n) is 1.37. The molecule has 1 aromatic rings. The minimum atomic E-state index is 0.202. The summed E-state index contributed by atoms with van der Waals surface area (Å²) in [6.07, 6.45) is 0.717. The van der Waals surface area contributed by atoms with Gasteiger partial charge in [0.15, 0.2) is 0 Å². The smallest absolute Gasteiger partial charge is 0.0933 e. The number of aliphatic hydroxyl groups excluding tert-OH is 1.